The van der Waals surface area contributed by atoms with Crippen LogP contribution in [0, 0.1) is 12.8 Å². The van der Waals surface area contributed by atoms with Gasteiger partial charge >= 0.3 is 0 Å². The van der Waals surface area contributed by atoms with Gasteiger partial charge in [0.15, 0.2) is 5.13 Å². The zero-order valence-corrected chi connectivity index (χ0v) is 10.7. The van der Waals surface area contributed by atoms with Crippen LogP contribution in [0.4, 0.5) is 5.13 Å². The average molecular weight is 225 g/mol. The summed E-state index contributed by atoms with van der Waals surface area (Å²) in [5.41, 5.74) is 1.17. The van der Waals surface area contributed by atoms with Crippen LogP contribution in [0.5, 0.6) is 0 Å². The Hall–Kier alpha value is -0.610. The summed E-state index contributed by atoms with van der Waals surface area (Å²) in [4.78, 5) is 7.98. The van der Waals surface area contributed by atoms with Gasteiger partial charge < -0.3 is 10.2 Å². The predicted octanol–water partition coefficient (Wildman–Crippen LogP) is 2.02. The molecule has 1 aromatic rings. The van der Waals surface area contributed by atoms with E-state index < -0.39 is 0 Å². The van der Waals surface area contributed by atoms with Crippen molar-refractivity contribution >= 4 is 16.5 Å². The number of aryl methyl sites for hydroxylation is 1. The van der Waals surface area contributed by atoms with Crippen molar-refractivity contribution in [3.63, 3.8) is 0 Å². The molecule has 2 atom stereocenters. The van der Waals surface area contributed by atoms with Gasteiger partial charge in [0.25, 0.3) is 0 Å². The zero-order chi connectivity index (χ0) is 11.0. The average Bonchev–Trinajstić information content (AvgIpc) is 2.72. The van der Waals surface area contributed by atoms with Crippen LogP contribution in [-0.4, -0.2) is 25.1 Å². The molecule has 0 aromatic carbocycles. The maximum absolute atomic E-state index is 4.53. The molecular weight excluding hydrogens is 206 g/mol. The minimum Gasteiger partial charge on any atom is -0.354 e. The summed E-state index contributed by atoms with van der Waals surface area (Å²) in [6.07, 6.45) is 1.33. The molecule has 3 nitrogen and oxygen atoms in total. The molecule has 0 radical (unpaired) electrons. The van der Waals surface area contributed by atoms with Crippen molar-refractivity contribution in [3.8, 4) is 0 Å². The standard InChI is InChI=1S/C11H19N3S/c1-7-5-9(7)12-6-10-8(2)13-11(15-10)14(3)4/h7,9,12H,5-6H2,1-4H3. The van der Waals surface area contributed by atoms with Crippen LogP contribution >= 0.6 is 11.3 Å². The highest BCUT2D eigenvalue weighted by atomic mass is 32.1. The van der Waals surface area contributed by atoms with E-state index in [0.29, 0.717) is 0 Å². The number of aromatic nitrogens is 1. The van der Waals surface area contributed by atoms with Gasteiger partial charge in [0.2, 0.25) is 0 Å². The van der Waals surface area contributed by atoms with Gasteiger partial charge in [0, 0.05) is 31.6 Å². The molecule has 1 aromatic heterocycles. The molecule has 1 heterocycles. The van der Waals surface area contributed by atoms with Crippen molar-refractivity contribution in [2.24, 2.45) is 5.92 Å². The monoisotopic (exact) mass is 225 g/mol. The van der Waals surface area contributed by atoms with E-state index >= 15 is 0 Å². The molecule has 1 N–H and O–H groups in total. The molecule has 0 saturated heterocycles. The van der Waals surface area contributed by atoms with Crippen molar-refractivity contribution in [3.05, 3.63) is 10.6 Å². The Morgan fingerprint density at radius 2 is 2.20 bits per heavy atom. The lowest BCUT2D eigenvalue weighted by Gasteiger charge is -2.05. The highest BCUT2D eigenvalue weighted by molar-refractivity contribution is 7.15. The first-order valence-corrected chi connectivity index (χ1v) is 6.26. The molecule has 84 valence electrons. The van der Waals surface area contributed by atoms with Gasteiger partial charge in [-0.05, 0) is 19.3 Å². The molecule has 4 heteroatoms. The van der Waals surface area contributed by atoms with Crippen LogP contribution in [0.25, 0.3) is 0 Å². The molecule has 1 aliphatic rings. The molecular formula is C11H19N3S. The smallest absolute Gasteiger partial charge is 0.185 e. The molecule has 0 spiro atoms. The summed E-state index contributed by atoms with van der Waals surface area (Å²) < 4.78 is 0. The summed E-state index contributed by atoms with van der Waals surface area (Å²) in [5.74, 6) is 0.867. The Morgan fingerprint density at radius 1 is 1.53 bits per heavy atom. The fourth-order valence-corrected chi connectivity index (χ4v) is 2.53. The van der Waals surface area contributed by atoms with Gasteiger partial charge in [-0.25, -0.2) is 4.98 Å². The topological polar surface area (TPSA) is 28.2 Å². The van der Waals surface area contributed by atoms with E-state index in [1.54, 1.807) is 11.3 Å². The van der Waals surface area contributed by atoms with Crippen LogP contribution in [0.15, 0.2) is 0 Å². The Kier molecular flexibility index (Phi) is 2.98. The first kappa shape index (κ1) is 10.9. The fourth-order valence-electron chi connectivity index (χ4n) is 1.60. The lowest BCUT2D eigenvalue weighted by Crippen LogP contribution is -2.16. The Balaban J connectivity index is 1.95. The number of hydrogen-bond acceptors (Lipinski definition) is 4. The van der Waals surface area contributed by atoms with Crippen LogP contribution in [0.3, 0.4) is 0 Å². The van der Waals surface area contributed by atoms with Gasteiger partial charge in [-0.3, -0.25) is 0 Å². The van der Waals surface area contributed by atoms with E-state index in [1.165, 1.54) is 17.0 Å². The third kappa shape index (κ3) is 2.49. The van der Waals surface area contributed by atoms with Crippen molar-refractivity contribution in [2.75, 3.05) is 19.0 Å². The Labute approximate surface area is 95.5 Å². The lowest BCUT2D eigenvalue weighted by molar-refractivity contribution is 0.655. The van der Waals surface area contributed by atoms with Gasteiger partial charge in [-0.1, -0.05) is 6.92 Å². The van der Waals surface area contributed by atoms with E-state index in [0.717, 1.165) is 23.6 Å². The maximum Gasteiger partial charge on any atom is 0.185 e. The van der Waals surface area contributed by atoms with E-state index in [2.05, 4.69) is 29.0 Å². The van der Waals surface area contributed by atoms with Crippen LogP contribution in [0.1, 0.15) is 23.9 Å². The first-order valence-electron chi connectivity index (χ1n) is 5.45. The number of nitrogens with zero attached hydrogens (tertiary/aromatic N) is 2. The van der Waals surface area contributed by atoms with E-state index in [4.69, 9.17) is 0 Å². The number of anilines is 1. The zero-order valence-electron chi connectivity index (χ0n) is 9.87. The number of rotatable bonds is 4. The number of nitrogens with one attached hydrogen (secondary N) is 1. The molecule has 0 aliphatic heterocycles. The molecule has 0 amide bonds. The second kappa shape index (κ2) is 4.10. The quantitative estimate of drug-likeness (QED) is 0.849. The van der Waals surface area contributed by atoms with Gasteiger partial charge in [0.05, 0.1) is 5.69 Å². The summed E-state index contributed by atoms with van der Waals surface area (Å²) in [6, 6.07) is 0.745. The number of hydrogen-bond donors (Lipinski definition) is 1. The summed E-state index contributed by atoms with van der Waals surface area (Å²) in [5, 5.41) is 4.67. The SMILES string of the molecule is Cc1nc(N(C)C)sc1CNC1CC1C. The fraction of sp³-hybridized carbons (Fsp3) is 0.727. The Morgan fingerprint density at radius 3 is 2.67 bits per heavy atom. The normalized spacial score (nSPS) is 24.3. The van der Waals surface area contributed by atoms with Gasteiger partial charge in [-0.15, -0.1) is 11.3 Å². The van der Waals surface area contributed by atoms with Crippen molar-refractivity contribution in [1.29, 1.82) is 0 Å². The molecule has 1 fully saturated rings. The van der Waals surface area contributed by atoms with Crippen LogP contribution < -0.4 is 10.2 Å². The van der Waals surface area contributed by atoms with Crippen molar-refractivity contribution < 1.29 is 0 Å². The number of thiazole rings is 1. The largest absolute Gasteiger partial charge is 0.354 e. The maximum atomic E-state index is 4.53. The van der Waals surface area contributed by atoms with Crippen molar-refractivity contribution in [2.45, 2.75) is 32.9 Å². The van der Waals surface area contributed by atoms with Gasteiger partial charge in [0.1, 0.15) is 0 Å². The van der Waals surface area contributed by atoms with E-state index in [9.17, 15) is 0 Å². The van der Waals surface area contributed by atoms with Crippen LogP contribution in [-0.2, 0) is 6.54 Å². The minimum atomic E-state index is 0.745. The second-order valence-corrected chi connectivity index (χ2v) is 5.66. The summed E-state index contributed by atoms with van der Waals surface area (Å²) >= 11 is 1.79. The third-order valence-electron chi connectivity index (χ3n) is 2.90. The van der Waals surface area contributed by atoms with Crippen LogP contribution in [0.2, 0.25) is 0 Å². The highest BCUT2D eigenvalue weighted by Gasteiger charge is 2.31. The van der Waals surface area contributed by atoms with E-state index in [-0.39, 0.29) is 0 Å². The second-order valence-electron chi connectivity index (χ2n) is 4.60. The molecule has 1 saturated carbocycles. The Bertz CT molecular complexity index is 346. The van der Waals surface area contributed by atoms with E-state index in [1.807, 2.05) is 14.1 Å². The molecule has 1 aliphatic carbocycles. The summed E-state index contributed by atoms with van der Waals surface area (Å²) in [7, 11) is 4.08. The minimum absolute atomic E-state index is 0.745. The summed E-state index contributed by atoms with van der Waals surface area (Å²) in [6.45, 7) is 5.37. The molecule has 15 heavy (non-hydrogen) atoms. The lowest BCUT2D eigenvalue weighted by atomic mass is 10.4. The molecule has 2 rings (SSSR count). The highest BCUT2D eigenvalue weighted by Crippen LogP contribution is 2.30. The predicted molar refractivity (Wildman–Crippen MR) is 65.6 cm³/mol. The van der Waals surface area contributed by atoms with Crippen molar-refractivity contribution in [1.82, 2.24) is 10.3 Å². The van der Waals surface area contributed by atoms with Gasteiger partial charge in [-0.2, -0.15) is 0 Å². The molecule has 2 unspecified atom stereocenters. The third-order valence-corrected chi connectivity index (χ3v) is 4.22. The first-order chi connectivity index (χ1) is 7.08. The molecule has 0 bridgehead atoms.